The van der Waals surface area contributed by atoms with Crippen molar-refractivity contribution in [2.24, 2.45) is 5.90 Å². The van der Waals surface area contributed by atoms with Crippen molar-refractivity contribution >= 4 is 0 Å². The molecule has 0 aliphatic rings. The maximum atomic E-state index is 12.5. The van der Waals surface area contributed by atoms with Gasteiger partial charge in [0.15, 0.2) is 0 Å². The minimum Gasteiger partial charge on any atom is -0.300 e. The predicted molar refractivity (Wildman–Crippen MR) is 33.2 cm³/mol. The average molecular weight is 142 g/mol. The van der Waals surface area contributed by atoms with Gasteiger partial charge in [-0.05, 0) is 6.07 Å². The lowest BCUT2D eigenvalue weighted by Gasteiger charge is -1.97. The van der Waals surface area contributed by atoms with E-state index in [-0.39, 0.29) is 6.61 Å². The third-order valence-electron chi connectivity index (χ3n) is 1.08. The first-order chi connectivity index (χ1) is 4.84. The van der Waals surface area contributed by atoms with Crippen LogP contribution in [0.5, 0.6) is 0 Å². The van der Waals surface area contributed by atoms with Crippen LogP contribution in [-0.4, -0.2) is 4.98 Å². The fourth-order valence-corrected chi connectivity index (χ4v) is 0.617. The summed E-state index contributed by atoms with van der Waals surface area (Å²) < 4.78 is 12.5. The number of nitrogens with two attached hydrogens (primary N) is 1. The molecule has 0 saturated carbocycles. The van der Waals surface area contributed by atoms with Gasteiger partial charge in [0.25, 0.3) is 0 Å². The molecule has 10 heavy (non-hydrogen) atoms. The lowest BCUT2D eigenvalue weighted by molar-refractivity contribution is 0.121. The van der Waals surface area contributed by atoms with E-state index in [1.165, 1.54) is 6.20 Å². The molecule has 1 rings (SSSR count). The zero-order valence-corrected chi connectivity index (χ0v) is 5.25. The molecule has 0 saturated heterocycles. The first kappa shape index (κ1) is 7.11. The van der Waals surface area contributed by atoms with Gasteiger partial charge in [0.05, 0.1) is 6.61 Å². The third-order valence-corrected chi connectivity index (χ3v) is 1.08. The second kappa shape index (κ2) is 3.24. The van der Waals surface area contributed by atoms with Gasteiger partial charge >= 0.3 is 0 Å². The van der Waals surface area contributed by atoms with Gasteiger partial charge in [-0.15, -0.1) is 0 Å². The number of hydrogen-bond acceptors (Lipinski definition) is 3. The molecule has 0 radical (unpaired) electrons. The fourth-order valence-electron chi connectivity index (χ4n) is 0.617. The summed E-state index contributed by atoms with van der Waals surface area (Å²) in [6, 6.07) is 3.19. The van der Waals surface area contributed by atoms with Gasteiger partial charge in [0.2, 0.25) is 5.95 Å². The van der Waals surface area contributed by atoms with Crippen LogP contribution in [0.1, 0.15) is 5.56 Å². The van der Waals surface area contributed by atoms with Crippen LogP contribution in [0.15, 0.2) is 18.3 Å². The van der Waals surface area contributed by atoms with E-state index in [0.717, 1.165) is 0 Å². The van der Waals surface area contributed by atoms with E-state index in [1.807, 2.05) is 0 Å². The largest absolute Gasteiger partial charge is 0.300 e. The van der Waals surface area contributed by atoms with Gasteiger partial charge in [-0.3, -0.25) is 4.84 Å². The van der Waals surface area contributed by atoms with Crippen LogP contribution >= 0.6 is 0 Å². The lowest BCUT2D eigenvalue weighted by Crippen LogP contribution is -2.01. The van der Waals surface area contributed by atoms with E-state index in [4.69, 9.17) is 5.90 Å². The zero-order valence-electron chi connectivity index (χ0n) is 5.25. The summed E-state index contributed by atoms with van der Waals surface area (Å²) in [5, 5.41) is 0. The Kier molecular flexibility index (Phi) is 2.30. The van der Waals surface area contributed by atoms with Crippen molar-refractivity contribution < 1.29 is 9.23 Å². The highest BCUT2D eigenvalue weighted by Gasteiger charge is 1.99. The van der Waals surface area contributed by atoms with Crippen LogP contribution in [0.4, 0.5) is 4.39 Å². The van der Waals surface area contributed by atoms with E-state index in [9.17, 15) is 4.39 Å². The number of aromatic nitrogens is 1. The van der Waals surface area contributed by atoms with Crippen molar-refractivity contribution in [1.29, 1.82) is 0 Å². The van der Waals surface area contributed by atoms with E-state index >= 15 is 0 Å². The Morgan fingerprint density at radius 3 is 3.10 bits per heavy atom. The van der Waals surface area contributed by atoms with E-state index in [0.29, 0.717) is 5.56 Å². The fraction of sp³-hybridized carbons (Fsp3) is 0.167. The summed E-state index contributed by atoms with van der Waals surface area (Å²) in [6.07, 6.45) is 1.37. The molecule has 0 atom stereocenters. The Balaban J connectivity index is 2.81. The molecule has 1 aromatic rings. The molecule has 1 heterocycles. The van der Waals surface area contributed by atoms with E-state index < -0.39 is 5.95 Å². The Labute approximate surface area is 57.6 Å². The van der Waals surface area contributed by atoms with Crippen molar-refractivity contribution in [3.63, 3.8) is 0 Å². The zero-order chi connectivity index (χ0) is 7.40. The number of rotatable bonds is 2. The molecule has 0 spiro atoms. The quantitative estimate of drug-likeness (QED) is 0.486. The highest BCUT2D eigenvalue weighted by Crippen LogP contribution is 2.02. The molecule has 54 valence electrons. The standard InChI is InChI=1S/C6H7FN2O/c7-6-5(4-10-8)2-1-3-9-6/h1-3H,4,8H2. The number of halogens is 1. The van der Waals surface area contributed by atoms with Crippen molar-refractivity contribution in [3.05, 3.63) is 29.8 Å². The van der Waals surface area contributed by atoms with Crippen molar-refractivity contribution in [1.82, 2.24) is 4.98 Å². The first-order valence-corrected chi connectivity index (χ1v) is 2.75. The molecule has 0 aliphatic heterocycles. The maximum absolute atomic E-state index is 12.5. The monoisotopic (exact) mass is 142 g/mol. The van der Waals surface area contributed by atoms with Crippen LogP contribution in [0.2, 0.25) is 0 Å². The third kappa shape index (κ3) is 1.49. The molecule has 4 heteroatoms. The van der Waals surface area contributed by atoms with Gasteiger partial charge in [-0.1, -0.05) is 6.07 Å². The van der Waals surface area contributed by atoms with E-state index in [1.54, 1.807) is 12.1 Å². The molecule has 0 amide bonds. The molecular weight excluding hydrogens is 135 g/mol. The summed E-state index contributed by atoms with van der Waals surface area (Å²) in [5.41, 5.74) is 0.366. The summed E-state index contributed by atoms with van der Waals surface area (Å²) in [6.45, 7) is 0.0552. The normalized spacial score (nSPS) is 9.80. The minimum absolute atomic E-state index is 0.0552. The summed E-state index contributed by atoms with van der Waals surface area (Å²) in [4.78, 5) is 7.62. The van der Waals surface area contributed by atoms with Crippen molar-refractivity contribution in [2.45, 2.75) is 6.61 Å². The molecule has 0 unspecified atom stereocenters. The molecular formula is C6H7FN2O. The SMILES string of the molecule is NOCc1cccnc1F. The van der Waals surface area contributed by atoms with Gasteiger partial charge in [0, 0.05) is 11.8 Å². The highest BCUT2D eigenvalue weighted by atomic mass is 19.1. The summed E-state index contributed by atoms with van der Waals surface area (Å²) in [5.74, 6) is 4.20. The molecule has 0 fully saturated rings. The van der Waals surface area contributed by atoms with Gasteiger partial charge in [0.1, 0.15) is 0 Å². The second-order valence-corrected chi connectivity index (χ2v) is 1.76. The Bertz CT molecular complexity index is 217. The van der Waals surface area contributed by atoms with Crippen LogP contribution in [0.3, 0.4) is 0 Å². The Morgan fingerprint density at radius 1 is 1.70 bits per heavy atom. The molecule has 0 aromatic carbocycles. The van der Waals surface area contributed by atoms with Crippen LogP contribution in [0.25, 0.3) is 0 Å². The Hall–Kier alpha value is -1.00. The molecule has 0 aliphatic carbocycles. The van der Waals surface area contributed by atoms with Crippen molar-refractivity contribution in [3.8, 4) is 0 Å². The van der Waals surface area contributed by atoms with Crippen LogP contribution in [0, 0.1) is 5.95 Å². The summed E-state index contributed by atoms with van der Waals surface area (Å²) >= 11 is 0. The maximum Gasteiger partial charge on any atom is 0.218 e. The number of hydrogen-bond donors (Lipinski definition) is 1. The lowest BCUT2D eigenvalue weighted by atomic mass is 10.3. The van der Waals surface area contributed by atoms with Crippen molar-refractivity contribution in [2.75, 3.05) is 0 Å². The molecule has 2 N–H and O–H groups in total. The average Bonchev–Trinajstić information content (AvgIpc) is 1.94. The van der Waals surface area contributed by atoms with Crippen LogP contribution < -0.4 is 5.90 Å². The second-order valence-electron chi connectivity index (χ2n) is 1.76. The molecule has 0 bridgehead atoms. The van der Waals surface area contributed by atoms with E-state index in [2.05, 4.69) is 9.82 Å². The first-order valence-electron chi connectivity index (χ1n) is 2.75. The number of nitrogens with zero attached hydrogens (tertiary/aromatic N) is 1. The van der Waals surface area contributed by atoms with Gasteiger partial charge in [-0.25, -0.2) is 10.9 Å². The van der Waals surface area contributed by atoms with Gasteiger partial charge in [-0.2, -0.15) is 4.39 Å². The predicted octanol–water partition coefficient (Wildman–Crippen LogP) is 0.611. The number of pyridine rings is 1. The van der Waals surface area contributed by atoms with Gasteiger partial charge < -0.3 is 0 Å². The summed E-state index contributed by atoms with van der Waals surface area (Å²) in [7, 11) is 0. The smallest absolute Gasteiger partial charge is 0.218 e. The van der Waals surface area contributed by atoms with Crippen LogP contribution in [-0.2, 0) is 11.4 Å². The topological polar surface area (TPSA) is 48.1 Å². The molecule has 1 aromatic heterocycles. The molecule has 3 nitrogen and oxygen atoms in total. The Morgan fingerprint density at radius 2 is 2.50 bits per heavy atom. The highest BCUT2D eigenvalue weighted by molar-refractivity contribution is 5.08. The minimum atomic E-state index is -0.534.